The van der Waals surface area contributed by atoms with Gasteiger partial charge < -0.3 is 14.6 Å². The van der Waals surface area contributed by atoms with E-state index in [-0.39, 0.29) is 11.5 Å². The standard InChI is InChI=1S/C14H18O4/c1-2-3-4-5-6-13(15)18-12-9-7-11(8-10-12)14(16)17/h7-10H,2-6H2,1H3,(H,16,17)/p-1. The Labute approximate surface area is 107 Å². The first kappa shape index (κ1) is 14.2. The summed E-state index contributed by atoms with van der Waals surface area (Å²) in [6.45, 7) is 2.11. The summed E-state index contributed by atoms with van der Waals surface area (Å²) in [6.07, 6.45) is 4.48. The molecule has 1 aromatic carbocycles. The van der Waals surface area contributed by atoms with Gasteiger partial charge in [0.15, 0.2) is 0 Å². The number of ether oxygens (including phenoxy) is 1. The molecule has 0 saturated carbocycles. The Bertz CT molecular complexity index is 395. The van der Waals surface area contributed by atoms with E-state index in [1.165, 1.54) is 24.3 Å². The van der Waals surface area contributed by atoms with E-state index in [0.29, 0.717) is 12.2 Å². The van der Waals surface area contributed by atoms with Crippen molar-refractivity contribution in [1.29, 1.82) is 0 Å². The number of hydrogen-bond acceptors (Lipinski definition) is 4. The number of carboxylic acid groups (broad SMARTS) is 1. The van der Waals surface area contributed by atoms with E-state index in [2.05, 4.69) is 6.92 Å². The second kappa shape index (κ2) is 7.48. The van der Waals surface area contributed by atoms with Crippen molar-refractivity contribution >= 4 is 11.9 Å². The molecule has 1 aromatic rings. The second-order valence-electron chi connectivity index (χ2n) is 4.10. The largest absolute Gasteiger partial charge is 0.545 e. The lowest BCUT2D eigenvalue weighted by Crippen LogP contribution is -2.22. The predicted molar refractivity (Wildman–Crippen MR) is 65.2 cm³/mol. The average Bonchev–Trinajstić information content (AvgIpc) is 2.35. The van der Waals surface area contributed by atoms with Crippen LogP contribution in [0.15, 0.2) is 24.3 Å². The van der Waals surface area contributed by atoms with Crippen molar-refractivity contribution < 1.29 is 19.4 Å². The first-order valence-corrected chi connectivity index (χ1v) is 6.15. The highest BCUT2D eigenvalue weighted by Gasteiger charge is 2.04. The molecule has 0 amide bonds. The summed E-state index contributed by atoms with van der Waals surface area (Å²) in [6, 6.07) is 5.62. The minimum atomic E-state index is -1.24. The van der Waals surface area contributed by atoms with Crippen molar-refractivity contribution in [2.24, 2.45) is 0 Å². The van der Waals surface area contributed by atoms with E-state index in [0.717, 1.165) is 25.7 Å². The van der Waals surface area contributed by atoms with Crippen LogP contribution in [0.2, 0.25) is 0 Å². The SMILES string of the molecule is CCCCCCC(=O)Oc1ccc(C(=O)[O-])cc1. The summed E-state index contributed by atoms with van der Waals surface area (Å²) in [7, 11) is 0. The van der Waals surface area contributed by atoms with Gasteiger partial charge in [-0.2, -0.15) is 0 Å². The topological polar surface area (TPSA) is 66.4 Å². The number of hydrogen-bond donors (Lipinski definition) is 0. The Balaban J connectivity index is 2.37. The highest BCUT2D eigenvalue weighted by Crippen LogP contribution is 2.13. The molecular weight excluding hydrogens is 232 g/mol. The molecule has 4 nitrogen and oxygen atoms in total. The van der Waals surface area contributed by atoms with Crippen molar-refractivity contribution in [3.63, 3.8) is 0 Å². The molecule has 0 spiro atoms. The Morgan fingerprint density at radius 3 is 2.33 bits per heavy atom. The molecule has 1 rings (SSSR count). The lowest BCUT2D eigenvalue weighted by atomic mass is 10.1. The molecule has 0 radical (unpaired) electrons. The normalized spacial score (nSPS) is 10.1. The number of carboxylic acids is 1. The smallest absolute Gasteiger partial charge is 0.311 e. The van der Waals surface area contributed by atoms with Gasteiger partial charge in [0.1, 0.15) is 5.75 Å². The molecule has 0 unspecified atom stereocenters. The number of carbonyl (C=O) groups excluding carboxylic acids is 2. The first-order valence-electron chi connectivity index (χ1n) is 6.15. The molecule has 0 atom stereocenters. The molecular formula is C14H17O4-. The highest BCUT2D eigenvalue weighted by atomic mass is 16.5. The number of rotatable bonds is 7. The third-order valence-corrected chi connectivity index (χ3v) is 2.56. The third-order valence-electron chi connectivity index (χ3n) is 2.56. The summed E-state index contributed by atoms with van der Waals surface area (Å²) < 4.78 is 5.08. The van der Waals surface area contributed by atoms with Gasteiger partial charge in [0, 0.05) is 6.42 Å². The van der Waals surface area contributed by atoms with Gasteiger partial charge in [0.05, 0.1) is 5.97 Å². The number of benzene rings is 1. The van der Waals surface area contributed by atoms with E-state index in [9.17, 15) is 14.7 Å². The van der Waals surface area contributed by atoms with Crippen molar-refractivity contribution in [3.05, 3.63) is 29.8 Å². The number of carbonyl (C=O) groups is 2. The van der Waals surface area contributed by atoms with E-state index in [1.54, 1.807) is 0 Å². The quantitative estimate of drug-likeness (QED) is 0.420. The van der Waals surface area contributed by atoms with Crippen LogP contribution in [-0.2, 0) is 4.79 Å². The molecule has 0 aliphatic heterocycles. The van der Waals surface area contributed by atoms with Gasteiger partial charge in [-0.15, -0.1) is 0 Å². The molecule has 18 heavy (non-hydrogen) atoms. The molecule has 0 bridgehead atoms. The summed E-state index contributed by atoms with van der Waals surface area (Å²) in [5, 5.41) is 10.5. The Morgan fingerprint density at radius 1 is 1.11 bits per heavy atom. The van der Waals surface area contributed by atoms with Crippen LogP contribution in [0.3, 0.4) is 0 Å². The average molecular weight is 249 g/mol. The summed E-state index contributed by atoms with van der Waals surface area (Å²) >= 11 is 0. The lowest BCUT2D eigenvalue weighted by Gasteiger charge is -2.06. The lowest BCUT2D eigenvalue weighted by molar-refractivity contribution is -0.255. The van der Waals surface area contributed by atoms with Crippen molar-refractivity contribution in [3.8, 4) is 5.75 Å². The Hall–Kier alpha value is -1.84. The van der Waals surface area contributed by atoms with E-state index in [1.807, 2.05) is 0 Å². The molecule has 98 valence electrons. The van der Waals surface area contributed by atoms with Crippen LogP contribution in [0.4, 0.5) is 0 Å². The van der Waals surface area contributed by atoms with E-state index < -0.39 is 5.97 Å². The first-order chi connectivity index (χ1) is 8.63. The van der Waals surface area contributed by atoms with Gasteiger partial charge >= 0.3 is 5.97 Å². The zero-order valence-electron chi connectivity index (χ0n) is 10.5. The van der Waals surface area contributed by atoms with Crippen molar-refractivity contribution in [1.82, 2.24) is 0 Å². The van der Waals surface area contributed by atoms with Crippen LogP contribution in [0, 0.1) is 0 Å². The number of esters is 1. The minimum Gasteiger partial charge on any atom is -0.545 e. The maximum Gasteiger partial charge on any atom is 0.311 e. The van der Waals surface area contributed by atoms with Gasteiger partial charge in [0.2, 0.25) is 0 Å². The molecule has 0 aliphatic rings. The fourth-order valence-corrected chi connectivity index (χ4v) is 1.54. The fourth-order valence-electron chi connectivity index (χ4n) is 1.54. The molecule has 4 heteroatoms. The zero-order valence-corrected chi connectivity index (χ0v) is 10.5. The monoisotopic (exact) mass is 249 g/mol. The van der Waals surface area contributed by atoms with Crippen LogP contribution >= 0.6 is 0 Å². The number of aromatic carboxylic acids is 1. The highest BCUT2D eigenvalue weighted by molar-refractivity contribution is 5.86. The van der Waals surface area contributed by atoms with Crippen LogP contribution in [0.25, 0.3) is 0 Å². The van der Waals surface area contributed by atoms with Gasteiger partial charge in [-0.3, -0.25) is 4.79 Å². The van der Waals surface area contributed by atoms with Crippen molar-refractivity contribution in [2.45, 2.75) is 39.0 Å². The Kier molecular flexibility index (Phi) is 5.91. The van der Waals surface area contributed by atoms with Gasteiger partial charge in [-0.25, -0.2) is 0 Å². The van der Waals surface area contributed by atoms with E-state index >= 15 is 0 Å². The van der Waals surface area contributed by atoms with Crippen LogP contribution in [-0.4, -0.2) is 11.9 Å². The Morgan fingerprint density at radius 2 is 1.78 bits per heavy atom. The van der Waals surface area contributed by atoms with Gasteiger partial charge in [0.25, 0.3) is 0 Å². The molecule has 0 N–H and O–H groups in total. The van der Waals surface area contributed by atoms with Crippen LogP contribution in [0.1, 0.15) is 49.4 Å². The molecule has 0 fully saturated rings. The minimum absolute atomic E-state index is 0.0674. The van der Waals surface area contributed by atoms with Crippen molar-refractivity contribution in [2.75, 3.05) is 0 Å². The van der Waals surface area contributed by atoms with Crippen LogP contribution < -0.4 is 9.84 Å². The predicted octanol–water partition coefficient (Wildman–Crippen LogP) is 1.93. The molecule has 0 aromatic heterocycles. The van der Waals surface area contributed by atoms with Gasteiger partial charge in [-0.05, 0) is 36.2 Å². The fraction of sp³-hybridized carbons (Fsp3) is 0.429. The zero-order chi connectivity index (χ0) is 13.4. The maximum absolute atomic E-state index is 11.4. The van der Waals surface area contributed by atoms with Crippen LogP contribution in [0.5, 0.6) is 5.75 Å². The third kappa shape index (κ3) is 4.99. The summed E-state index contributed by atoms with van der Waals surface area (Å²) in [5.74, 6) is -1.17. The van der Waals surface area contributed by atoms with E-state index in [4.69, 9.17) is 4.74 Å². The second-order valence-corrected chi connectivity index (χ2v) is 4.10. The van der Waals surface area contributed by atoms with Gasteiger partial charge in [-0.1, -0.05) is 26.2 Å². The molecule has 0 aliphatic carbocycles. The molecule has 0 saturated heterocycles. The molecule has 0 heterocycles. The maximum atomic E-state index is 11.4. The number of unbranched alkanes of at least 4 members (excludes halogenated alkanes) is 3. The summed E-state index contributed by atoms with van der Waals surface area (Å²) in [4.78, 5) is 22.0. The summed E-state index contributed by atoms with van der Waals surface area (Å²) in [5.41, 5.74) is 0.0674.